The van der Waals surface area contributed by atoms with E-state index in [0.29, 0.717) is 15.8 Å². The van der Waals surface area contributed by atoms with E-state index in [1.807, 2.05) is 52.0 Å². The first-order chi connectivity index (χ1) is 10.8. The van der Waals surface area contributed by atoms with Crippen LogP contribution in [0.5, 0.6) is 5.75 Å². The van der Waals surface area contributed by atoms with Crippen molar-refractivity contribution in [2.75, 3.05) is 6.61 Å². The minimum atomic E-state index is -0.466. The SMILES string of the molecule is CCOc1ccccc1/C=c1\s/c(=C\C(=O)C(C)(C)C)[nH]c1=O. The number of aromatic amines is 1. The smallest absolute Gasteiger partial charge is 0.266 e. The normalized spacial score (nSPS) is 13.4. The molecule has 1 N–H and O–H groups in total. The maximum absolute atomic E-state index is 12.1. The van der Waals surface area contributed by atoms with Gasteiger partial charge in [0, 0.05) is 17.1 Å². The number of carbonyl (C=O) groups is 1. The number of hydrogen-bond acceptors (Lipinski definition) is 4. The third kappa shape index (κ3) is 4.42. The van der Waals surface area contributed by atoms with Crippen LogP contribution in [0.2, 0.25) is 0 Å². The highest BCUT2D eigenvalue weighted by atomic mass is 32.1. The quantitative estimate of drug-likeness (QED) is 0.933. The standard InChI is InChI=1S/C18H21NO3S/c1-5-22-13-9-7-6-8-12(13)10-14-17(21)19-16(23-14)11-15(20)18(2,3)4/h6-11H,5H2,1-4H3,(H,19,21)/b14-10-,16-11-. The minimum Gasteiger partial charge on any atom is -0.493 e. The second-order valence-electron chi connectivity index (χ2n) is 6.16. The molecule has 0 radical (unpaired) electrons. The van der Waals surface area contributed by atoms with Crippen LogP contribution in [0.15, 0.2) is 29.1 Å². The fourth-order valence-corrected chi connectivity index (χ4v) is 2.76. The van der Waals surface area contributed by atoms with E-state index in [2.05, 4.69) is 4.98 Å². The van der Waals surface area contributed by atoms with Crippen LogP contribution in [0.4, 0.5) is 0 Å². The van der Waals surface area contributed by atoms with Crippen molar-refractivity contribution in [3.05, 3.63) is 49.4 Å². The number of H-pyrrole nitrogens is 1. The van der Waals surface area contributed by atoms with Gasteiger partial charge in [0.2, 0.25) is 0 Å². The molecule has 0 amide bonds. The summed E-state index contributed by atoms with van der Waals surface area (Å²) in [6, 6.07) is 7.55. The van der Waals surface area contributed by atoms with Crippen molar-refractivity contribution < 1.29 is 9.53 Å². The Morgan fingerprint density at radius 1 is 1.30 bits per heavy atom. The molecule has 4 nitrogen and oxygen atoms in total. The Labute approximate surface area is 139 Å². The molecule has 0 saturated carbocycles. The number of hydrogen-bond donors (Lipinski definition) is 1. The van der Waals surface area contributed by atoms with E-state index in [4.69, 9.17) is 4.74 Å². The zero-order valence-corrected chi connectivity index (χ0v) is 14.6. The molecule has 2 rings (SSSR count). The van der Waals surface area contributed by atoms with Gasteiger partial charge in [-0.1, -0.05) is 39.0 Å². The Kier molecular flexibility index (Phi) is 5.21. The molecule has 1 heterocycles. The first kappa shape index (κ1) is 17.2. The van der Waals surface area contributed by atoms with Crippen LogP contribution in [0.3, 0.4) is 0 Å². The summed E-state index contributed by atoms with van der Waals surface area (Å²) in [7, 11) is 0. The molecule has 0 aliphatic heterocycles. The Bertz CT molecular complexity index is 869. The third-order valence-corrected chi connectivity index (χ3v) is 4.15. The number of carbonyl (C=O) groups excluding carboxylic acids is 1. The topological polar surface area (TPSA) is 59.2 Å². The number of benzene rings is 1. The largest absolute Gasteiger partial charge is 0.493 e. The zero-order chi connectivity index (χ0) is 17.0. The highest BCUT2D eigenvalue weighted by molar-refractivity contribution is 7.07. The van der Waals surface area contributed by atoms with Gasteiger partial charge in [0.05, 0.1) is 15.8 Å². The summed E-state index contributed by atoms with van der Waals surface area (Å²) >= 11 is 1.27. The molecule has 1 aromatic heterocycles. The molecule has 122 valence electrons. The number of aromatic nitrogens is 1. The number of rotatable bonds is 4. The number of ketones is 1. The highest BCUT2D eigenvalue weighted by Crippen LogP contribution is 2.18. The van der Waals surface area contributed by atoms with Gasteiger partial charge in [0.25, 0.3) is 5.56 Å². The van der Waals surface area contributed by atoms with Gasteiger partial charge in [-0.2, -0.15) is 0 Å². The summed E-state index contributed by atoms with van der Waals surface area (Å²) in [5, 5.41) is 0. The van der Waals surface area contributed by atoms with Gasteiger partial charge in [-0.15, -0.1) is 11.3 Å². The average molecular weight is 331 g/mol. The van der Waals surface area contributed by atoms with Crippen molar-refractivity contribution in [3.8, 4) is 5.75 Å². The van der Waals surface area contributed by atoms with E-state index in [-0.39, 0.29) is 11.3 Å². The Morgan fingerprint density at radius 3 is 2.65 bits per heavy atom. The van der Waals surface area contributed by atoms with Gasteiger partial charge in [-0.25, -0.2) is 0 Å². The second kappa shape index (κ2) is 6.96. The number of Topliss-reactive ketones (excluding diaryl/α,β-unsaturated/α-hetero) is 1. The number of ether oxygens (including phenoxy) is 1. The Morgan fingerprint density at radius 2 is 2.00 bits per heavy atom. The minimum absolute atomic E-state index is 0.0173. The van der Waals surface area contributed by atoms with E-state index in [1.165, 1.54) is 17.4 Å². The van der Waals surface area contributed by atoms with Gasteiger partial charge in [0.15, 0.2) is 5.78 Å². The van der Waals surface area contributed by atoms with Crippen LogP contribution >= 0.6 is 11.3 Å². The predicted molar refractivity (Wildman–Crippen MR) is 94.3 cm³/mol. The molecule has 0 fully saturated rings. The lowest BCUT2D eigenvalue weighted by atomic mass is 9.91. The predicted octanol–water partition coefficient (Wildman–Crippen LogP) is 2.06. The summed E-state index contributed by atoms with van der Waals surface area (Å²) in [5.74, 6) is 0.718. The van der Waals surface area contributed by atoms with Crippen molar-refractivity contribution in [3.63, 3.8) is 0 Å². The Hall–Kier alpha value is -2.14. The summed E-state index contributed by atoms with van der Waals surface area (Å²) in [5.41, 5.74) is 0.177. The van der Waals surface area contributed by atoms with E-state index in [1.54, 1.807) is 6.08 Å². The molecule has 0 aliphatic carbocycles. The van der Waals surface area contributed by atoms with Crippen LogP contribution in [-0.4, -0.2) is 17.4 Å². The van der Waals surface area contributed by atoms with Crippen LogP contribution in [0, 0.1) is 5.41 Å². The van der Waals surface area contributed by atoms with Crippen molar-refractivity contribution >= 4 is 29.3 Å². The number of para-hydroxylation sites is 1. The molecule has 1 aromatic carbocycles. The van der Waals surface area contributed by atoms with Gasteiger partial charge in [-0.3, -0.25) is 9.59 Å². The summed E-state index contributed by atoms with van der Waals surface area (Å²) in [6.45, 7) is 8.03. The molecular weight excluding hydrogens is 310 g/mol. The van der Waals surface area contributed by atoms with Gasteiger partial charge >= 0.3 is 0 Å². The van der Waals surface area contributed by atoms with Crippen molar-refractivity contribution in [1.82, 2.24) is 4.98 Å². The molecule has 0 aliphatic rings. The summed E-state index contributed by atoms with van der Waals surface area (Å²) < 4.78 is 6.68. The van der Waals surface area contributed by atoms with Crippen LogP contribution in [0.1, 0.15) is 33.3 Å². The fraction of sp³-hybridized carbons (Fsp3) is 0.333. The number of thiazole rings is 1. The lowest BCUT2D eigenvalue weighted by Crippen LogP contribution is -2.22. The molecule has 23 heavy (non-hydrogen) atoms. The zero-order valence-electron chi connectivity index (χ0n) is 13.8. The van der Waals surface area contributed by atoms with Gasteiger partial charge in [0.1, 0.15) is 5.75 Å². The first-order valence-corrected chi connectivity index (χ1v) is 8.31. The number of nitrogens with one attached hydrogen (secondary N) is 1. The van der Waals surface area contributed by atoms with Crippen molar-refractivity contribution in [2.45, 2.75) is 27.7 Å². The maximum Gasteiger partial charge on any atom is 0.266 e. The van der Waals surface area contributed by atoms with E-state index >= 15 is 0 Å². The highest BCUT2D eigenvalue weighted by Gasteiger charge is 2.18. The van der Waals surface area contributed by atoms with Crippen LogP contribution < -0.4 is 19.5 Å². The van der Waals surface area contributed by atoms with Crippen LogP contribution in [0.25, 0.3) is 12.2 Å². The summed E-state index contributed by atoms with van der Waals surface area (Å²) in [6.07, 6.45) is 3.28. The first-order valence-electron chi connectivity index (χ1n) is 7.50. The molecular formula is C18H21NO3S. The van der Waals surface area contributed by atoms with E-state index in [0.717, 1.165) is 11.3 Å². The van der Waals surface area contributed by atoms with Crippen molar-refractivity contribution in [2.24, 2.45) is 5.41 Å². The molecule has 0 atom stereocenters. The molecule has 2 aromatic rings. The summed E-state index contributed by atoms with van der Waals surface area (Å²) in [4.78, 5) is 26.9. The fourth-order valence-electron chi connectivity index (χ4n) is 1.89. The van der Waals surface area contributed by atoms with Gasteiger partial charge in [-0.05, 0) is 19.1 Å². The van der Waals surface area contributed by atoms with Crippen LogP contribution in [-0.2, 0) is 4.79 Å². The molecule has 0 bridgehead atoms. The van der Waals surface area contributed by atoms with Crippen molar-refractivity contribution in [1.29, 1.82) is 0 Å². The average Bonchev–Trinajstić information content (AvgIpc) is 2.80. The second-order valence-corrected chi connectivity index (χ2v) is 7.24. The molecule has 5 heteroatoms. The third-order valence-electron chi connectivity index (χ3n) is 3.19. The van der Waals surface area contributed by atoms with E-state index in [9.17, 15) is 9.59 Å². The van der Waals surface area contributed by atoms with Gasteiger partial charge < -0.3 is 9.72 Å². The lowest BCUT2D eigenvalue weighted by molar-refractivity contribution is -0.119. The monoisotopic (exact) mass is 331 g/mol. The van der Waals surface area contributed by atoms with E-state index < -0.39 is 5.41 Å². The molecule has 0 unspecified atom stereocenters. The lowest BCUT2D eigenvalue weighted by Gasteiger charge is -2.12. The molecule has 0 saturated heterocycles. The maximum atomic E-state index is 12.1. The Balaban J connectivity index is 2.49. The molecule has 0 spiro atoms.